The quantitative estimate of drug-likeness (QED) is 0.825. The fourth-order valence-corrected chi connectivity index (χ4v) is 3.29. The molecule has 1 N–H and O–H groups in total. The van der Waals surface area contributed by atoms with Gasteiger partial charge in [0.25, 0.3) is 10.0 Å². The summed E-state index contributed by atoms with van der Waals surface area (Å²) >= 11 is 5.58. The van der Waals surface area contributed by atoms with Gasteiger partial charge in [0.2, 0.25) is 0 Å². The Morgan fingerprint density at radius 3 is 2.20 bits per heavy atom. The number of ether oxygens (including phenoxy) is 2. The van der Waals surface area contributed by atoms with E-state index < -0.39 is 27.5 Å². The summed E-state index contributed by atoms with van der Waals surface area (Å²) in [6.45, 7) is 0. The largest absolute Gasteiger partial charge is 0.493 e. The van der Waals surface area contributed by atoms with Gasteiger partial charge in [-0.2, -0.15) is 13.2 Å². The molecule has 2 aromatic rings. The van der Waals surface area contributed by atoms with E-state index >= 15 is 0 Å². The van der Waals surface area contributed by atoms with Crippen LogP contribution in [-0.2, 0) is 16.2 Å². The molecule has 10 heteroatoms. The molecule has 0 aliphatic heterocycles. The van der Waals surface area contributed by atoms with Gasteiger partial charge >= 0.3 is 6.18 Å². The van der Waals surface area contributed by atoms with E-state index in [-0.39, 0.29) is 21.4 Å². The average molecular weight is 396 g/mol. The first-order valence-corrected chi connectivity index (χ1v) is 8.56. The summed E-state index contributed by atoms with van der Waals surface area (Å²) in [5.74, 6) is 0.404. The predicted octanol–water partition coefficient (Wildman–Crippen LogP) is 4.18. The smallest absolute Gasteiger partial charge is 0.418 e. The van der Waals surface area contributed by atoms with Gasteiger partial charge in [-0.15, -0.1) is 0 Å². The first-order chi connectivity index (χ1) is 11.6. The molecule has 5 nitrogen and oxygen atoms in total. The predicted molar refractivity (Wildman–Crippen MR) is 86.8 cm³/mol. The number of rotatable bonds is 5. The number of anilines is 1. The van der Waals surface area contributed by atoms with Crippen LogP contribution in [0.3, 0.4) is 0 Å². The van der Waals surface area contributed by atoms with Crippen LogP contribution >= 0.6 is 11.6 Å². The van der Waals surface area contributed by atoms with Gasteiger partial charge < -0.3 is 9.47 Å². The normalized spacial score (nSPS) is 11.9. The number of hydrogen-bond acceptors (Lipinski definition) is 4. The van der Waals surface area contributed by atoms with Crippen LogP contribution < -0.4 is 14.2 Å². The first-order valence-electron chi connectivity index (χ1n) is 6.70. The molecular formula is C15H13ClF3NO4S. The minimum absolute atomic E-state index is 0.123. The zero-order chi connectivity index (χ0) is 18.8. The molecule has 25 heavy (non-hydrogen) atoms. The number of hydrogen-bond donors (Lipinski definition) is 1. The van der Waals surface area contributed by atoms with Crippen molar-refractivity contribution in [2.24, 2.45) is 0 Å². The second kappa shape index (κ2) is 7.01. The molecule has 0 unspecified atom stereocenters. The molecule has 0 radical (unpaired) electrons. The number of nitrogens with one attached hydrogen (secondary N) is 1. The van der Waals surface area contributed by atoms with E-state index in [0.717, 1.165) is 18.2 Å². The van der Waals surface area contributed by atoms with E-state index in [2.05, 4.69) is 0 Å². The highest BCUT2D eigenvalue weighted by atomic mass is 35.5. The molecule has 0 aromatic heterocycles. The summed E-state index contributed by atoms with van der Waals surface area (Å²) in [6.07, 6.45) is -4.78. The Balaban J connectivity index is 2.47. The number of methoxy groups -OCH3 is 2. The van der Waals surface area contributed by atoms with Crippen molar-refractivity contribution in [3.05, 3.63) is 47.0 Å². The van der Waals surface area contributed by atoms with Crippen molar-refractivity contribution in [3.8, 4) is 11.5 Å². The summed E-state index contributed by atoms with van der Waals surface area (Å²) in [7, 11) is -1.62. The molecule has 2 rings (SSSR count). The molecule has 0 amide bonds. The van der Waals surface area contributed by atoms with Crippen molar-refractivity contribution < 1.29 is 31.1 Å². The van der Waals surface area contributed by atoms with Gasteiger partial charge in [-0.05, 0) is 30.3 Å². The van der Waals surface area contributed by atoms with Crippen molar-refractivity contribution in [1.82, 2.24) is 0 Å². The van der Waals surface area contributed by atoms with Gasteiger partial charge in [-0.1, -0.05) is 11.6 Å². The molecule has 0 atom stereocenters. The Morgan fingerprint density at radius 2 is 1.64 bits per heavy atom. The molecular weight excluding hydrogens is 383 g/mol. The van der Waals surface area contributed by atoms with Crippen molar-refractivity contribution in [1.29, 1.82) is 0 Å². The van der Waals surface area contributed by atoms with Crippen LogP contribution in [0.5, 0.6) is 11.5 Å². The monoisotopic (exact) mass is 395 g/mol. The number of sulfonamides is 1. The van der Waals surface area contributed by atoms with Crippen LogP contribution in [0.15, 0.2) is 41.3 Å². The summed E-state index contributed by atoms with van der Waals surface area (Å²) < 4.78 is 76.1. The van der Waals surface area contributed by atoms with E-state index in [0.29, 0.717) is 6.07 Å². The van der Waals surface area contributed by atoms with Gasteiger partial charge in [0.15, 0.2) is 11.5 Å². The van der Waals surface area contributed by atoms with Gasteiger partial charge in [-0.3, -0.25) is 4.72 Å². The third-order valence-corrected chi connectivity index (χ3v) is 4.79. The third kappa shape index (κ3) is 4.29. The first kappa shape index (κ1) is 19.2. The van der Waals surface area contributed by atoms with Crippen molar-refractivity contribution in [2.75, 3.05) is 18.9 Å². The molecule has 136 valence electrons. The highest BCUT2D eigenvalue weighted by Crippen LogP contribution is 2.38. The maximum atomic E-state index is 13.1. The third-order valence-electron chi connectivity index (χ3n) is 3.20. The summed E-state index contributed by atoms with van der Waals surface area (Å²) in [5.41, 5.74) is -1.82. The van der Waals surface area contributed by atoms with Crippen molar-refractivity contribution >= 4 is 27.3 Å². The zero-order valence-corrected chi connectivity index (χ0v) is 14.6. The molecule has 0 saturated heterocycles. The summed E-state index contributed by atoms with van der Waals surface area (Å²) in [5, 5.41) is -0.165. The Kier molecular flexibility index (Phi) is 5.38. The molecule has 0 aliphatic rings. The topological polar surface area (TPSA) is 64.6 Å². The van der Waals surface area contributed by atoms with Crippen LogP contribution in [0.4, 0.5) is 18.9 Å². The minimum Gasteiger partial charge on any atom is -0.493 e. The van der Waals surface area contributed by atoms with Crippen molar-refractivity contribution in [2.45, 2.75) is 11.1 Å². The van der Waals surface area contributed by atoms with Gasteiger partial charge in [-0.25, -0.2) is 8.42 Å². The number of alkyl halides is 3. The lowest BCUT2D eigenvalue weighted by atomic mass is 10.2. The molecule has 0 aliphatic carbocycles. The standard InChI is InChI=1S/C15H13ClF3NO4S/c1-23-13-6-4-10(8-14(13)24-2)25(21,22)20-12-5-3-9(16)7-11(12)15(17,18)19/h3-8,20H,1-2H3. The lowest BCUT2D eigenvalue weighted by Crippen LogP contribution is -2.17. The fourth-order valence-electron chi connectivity index (χ4n) is 2.03. The Morgan fingerprint density at radius 1 is 1.00 bits per heavy atom. The summed E-state index contributed by atoms with van der Waals surface area (Å²) in [6, 6.07) is 6.41. The molecule has 0 bridgehead atoms. The Labute approximate surface area is 147 Å². The second-order valence-electron chi connectivity index (χ2n) is 4.81. The van der Waals surface area contributed by atoms with Crippen molar-refractivity contribution in [3.63, 3.8) is 0 Å². The molecule has 0 fully saturated rings. The van der Waals surface area contributed by atoms with Gasteiger partial charge in [0, 0.05) is 11.1 Å². The van der Waals surface area contributed by atoms with E-state index in [1.54, 1.807) is 0 Å². The highest BCUT2D eigenvalue weighted by molar-refractivity contribution is 7.92. The minimum atomic E-state index is -4.78. The lowest BCUT2D eigenvalue weighted by molar-refractivity contribution is -0.136. The van der Waals surface area contributed by atoms with Gasteiger partial charge in [0.05, 0.1) is 30.4 Å². The van der Waals surface area contributed by atoms with E-state index in [1.165, 1.54) is 26.4 Å². The van der Waals surface area contributed by atoms with Crippen LogP contribution in [0.1, 0.15) is 5.56 Å². The van der Waals surface area contributed by atoms with Crippen LogP contribution in [0, 0.1) is 0 Å². The van der Waals surface area contributed by atoms with Crippen LogP contribution in [0.2, 0.25) is 5.02 Å². The highest BCUT2D eigenvalue weighted by Gasteiger charge is 2.35. The SMILES string of the molecule is COc1ccc(S(=O)(=O)Nc2ccc(Cl)cc2C(F)(F)F)cc1OC. The maximum absolute atomic E-state index is 13.1. The van der Waals surface area contributed by atoms with E-state index in [9.17, 15) is 21.6 Å². The lowest BCUT2D eigenvalue weighted by Gasteiger charge is -2.16. The second-order valence-corrected chi connectivity index (χ2v) is 6.93. The number of benzene rings is 2. The molecule has 2 aromatic carbocycles. The van der Waals surface area contributed by atoms with E-state index in [4.69, 9.17) is 21.1 Å². The average Bonchev–Trinajstić information content (AvgIpc) is 2.54. The number of halogens is 4. The zero-order valence-electron chi connectivity index (χ0n) is 13.0. The van der Waals surface area contributed by atoms with Gasteiger partial charge in [0.1, 0.15) is 0 Å². The molecule has 0 heterocycles. The fraction of sp³-hybridized carbons (Fsp3) is 0.200. The Bertz CT molecular complexity index is 885. The molecule has 0 spiro atoms. The maximum Gasteiger partial charge on any atom is 0.418 e. The van der Waals surface area contributed by atoms with Crippen LogP contribution in [0.25, 0.3) is 0 Å². The Hall–Kier alpha value is -2.13. The molecule has 0 saturated carbocycles. The van der Waals surface area contributed by atoms with Crippen LogP contribution in [-0.4, -0.2) is 22.6 Å². The summed E-state index contributed by atoms with van der Waals surface area (Å²) in [4.78, 5) is -0.284. The van der Waals surface area contributed by atoms with E-state index in [1.807, 2.05) is 4.72 Å².